The van der Waals surface area contributed by atoms with Gasteiger partial charge >= 0.3 is 0 Å². The van der Waals surface area contributed by atoms with Gasteiger partial charge in [0.2, 0.25) is 10.0 Å². The lowest BCUT2D eigenvalue weighted by Gasteiger charge is -2.35. The van der Waals surface area contributed by atoms with E-state index in [0.29, 0.717) is 37.9 Å². The quantitative estimate of drug-likeness (QED) is 0.708. The van der Waals surface area contributed by atoms with Gasteiger partial charge in [0.25, 0.3) is 0 Å². The van der Waals surface area contributed by atoms with Crippen LogP contribution in [0.25, 0.3) is 6.08 Å². The van der Waals surface area contributed by atoms with Crippen LogP contribution in [-0.2, 0) is 10.0 Å². The first kappa shape index (κ1) is 21.3. The predicted molar refractivity (Wildman–Crippen MR) is 121 cm³/mol. The molecule has 0 radical (unpaired) electrons. The van der Waals surface area contributed by atoms with Crippen LogP contribution in [0.4, 0.5) is 5.69 Å². The molecule has 0 aromatic heterocycles. The number of nitrogens with zero attached hydrogens (tertiary/aromatic N) is 2. The van der Waals surface area contributed by atoms with Crippen LogP contribution in [0.2, 0.25) is 0 Å². The number of thiocarbonyl (C=S) groups is 1. The third-order valence-corrected chi connectivity index (χ3v) is 6.46. The highest BCUT2D eigenvalue weighted by Gasteiger charge is 2.26. The Balaban J connectivity index is 1.52. The Hall–Kier alpha value is -2.42. The molecule has 1 aliphatic heterocycles. The third kappa shape index (κ3) is 6.03. The summed E-state index contributed by atoms with van der Waals surface area (Å²) in [4.78, 5) is 1.98. The molecule has 0 atom stereocenters. The van der Waals surface area contributed by atoms with Crippen molar-refractivity contribution in [2.45, 2.75) is 6.92 Å². The minimum absolute atomic E-state index is 0.395. The van der Waals surface area contributed by atoms with Gasteiger partial charge in [-0.05, 0) is 55.0 Å². The van der Waals surface area contributed by atoms with Crippen LogP contribution in [0.1, 0.15) is 12.5 Å². The first-order valence-electron chi connectivity index (χ1n) is 9.50. The zero-order chi connectivity index (χ0) is 20.7. The van der Waals surface area contributed by atoms with E-state index in [2.05, 4.69) is 5.32 Å². The molecule has 0 saturated carbocycles. The van der Waals surface area contributed by atoms with E-state index < -0.39 is 10.0 Å². The lowest BCUT2D eigenvalue weighted by molar-refractivity contribution is 0.270. The first-order valence-corrected chi connectivity index (χ1v) is 11.4. The van der Waals surface area contributed by atoms with Crippen LogP contribution in [0.5, 0.6) is 5.75 Å². The summed E-state index contributed by atoms with van der Waals surface area (Å²) >= 11 is 5.49. The molecule has 0 bridgehead atoms. The molecule has 3 rings (SSSR count). The molecule has 0 aliphatic carbocycles. The van der Waals surface area contributed by atoms with Crippen LogP contribution in [0.15, 0.2) is 60.0 Å². The molecule has 29 heavy (non-hydrogen) atoms. The van der Waals surface area contributed by atoms with Crippen LogP contribution < -0.4 is 10.1 Å². The van der Waals surface area contributed by atoms with Gasteiger partial charge in [-0.3, -0.25) is 0 Å². The Morgan fingerprint density at radius 2 is 1.72 bits per heavy atom. The smallest absolute Gasteiger partial charge is 0.236 e. The van der Waals surface area contributed by atoms with Crippen molar-refractivity contribution in [3.63, 3.8) is 0 Å². The lowest BCUT2D eigenvalue weighted by atomic mass is 10.2. The van der Waals surface area contributed by atoms with E-state index in [1.165, 1.54) is 9.71 Å². The third-order valence-electron chi connectivity index (χ3n) is 4.53. The Labute approximate surface area is 177 Å². The van der Waals surface area contributed by atoms with Crippen LogP contribution in [0, 0.1) is 0 Å². The summed E-state index contributed by atoms with van der Waals surface area (Å²) < 4.78 is 32.1. The molecule has 1 heterocycles. The molecule has 0 unspecified atom stereocenters. The average molecular weight is 432 g/mol. The molecule has 0 amide bonds. The van der Waals surface area contributed by atoms with Gasteiger partial charge in [0.05, 0.1) is 6.61 Å². The number of benzene rings is 2. The maximum Gasteiger partial charge on any atom is 0.236 e. The fourth-order valence-corrected chi connectivity index (χ4v) is 4.44. The molecular formula is C21H25N3O3S2. The second-order valence-corrected chi connectivity index (χ2v) is 8.74. The Morgan fingerprint density at radius 3 is 2.34 bits per heavy atom. The minimum atomic E-state index is -3.45. The standard InChI is InChI=1S/C21H25N3O3S2/c1-2-27-20-10-8-19(9-11-20)22-21(28)23-13-15-24(16-14-23)29(25,26)17-12-18-6-4-3-5-7-18/h3-12,17H,2,13-16H2,1H3,(H,22,28)/b17-12+. The summed E-state index contributed by atoms with van der Waals surface area (Å²) in [5.74, 6) is 0.811. The lowest BCUT2D eigenvalue weighted by Crippen LogP contribution is -2.51. The van der Waals surface area contributed by atoms with Gasteiger partial charge in [-0.2, -0.15) is 4.31 Å². The van der Waals surface area contributed by atoms with Crippen molar-refractivity contribution in [2.75, 3.05) is 38.1 Å². The first-order chi connectivity index (χ1) is 14.0. The highest BCUT2D eigenvalue weighted by Crippen LogP contribution is 2.17. The van der Waals surface area contributed by atoms with E-state index in [4.69, 9.17) is 17.0 Å². The fraction of sp³-hybridized carbons (Fsp3) is 0.286. The molecule has 0 spiro atoms. The number of sulfonamides is 1. The van der Waals surface area contributed by atoms with E-state index in [-0.39, 0.29) is 0 Å². The number of rotatable bonds is 6. The van der Waals surface area contributed by atoms with Crippen molar-refractivity contribution in [3.8, 4) is 5.75 Å². The molecule has 1 fully saturated rings. The maximum atomic E-state index is 12.6. The summed E-state index contributed by atoms with van der Waals surface area (Å²) in [7, 11) is -3.45. The van der Waals surface area contributed by atoms with Gasteiger partial charge in [0.1, 0.15) is 5.75 Å². The maximum absolute atomic E-state index is 12.6. The summed E-state index contributed by atoms with van der Waals surface area (Å²) in [6.45, 7) is 4.44. The number of anilines is 1. The molecule has 2 aromatic rings. The van der Waals surface area contributed by atoms with E-state index >= 15 is 0 Å². The van der Waals surface area contributed by atoms with Crippen LogP contribution in [0.3, 0.4) is 0 Å². The SMILES string of the molecule is CCOc1ccc(NC(=S)N2CCN(S(=O)(=O)/C=C/c3ccccc3)CC2)cc1. The van der Waals surface area contributed by atoms with Crippen molar-refractivity contribution in [2.24, 2.45) is 0 Å². The van der Waals surface area contributed by atoms with Gasteiger partial charge in [-0.15, -0.1) is 0 Å². The number of ether oxygens (including phenoxy) is 1. The van der Waals surface area contributed by atoms with Gasteiger partial charge in [0.15, 0.2) is 5.11 Å². The second kappa shape index (κ2) is 9.87. The van der Waals surface area contributed by atoms with Gasteiger partial charge in [-0.25, -0.2) is 8.42 Å². The largest absolute Gasteiger partial charge is 0.494 e. The zero-order valence-corrected chi connectivity index (χ0v) is 18.0. The second-order valence-electron chi connectivity index (χ2n) is 6.53. The molecular weight excluding hydrogens is 406 g/mol. The number of hydrogen-bond donors (Lipinski definition) is 1. The minimum Gasteiger partial charge on any atom is -0.494 e. The molecule has 1 saturated heterocycles. The van der Waals surface area contributed by atoms with Crippen LogP contribution in [-0.4, -0.2) is 55.5 Å². The van der Waals surface area contributed by atoms with Crippen molar-refractivity contribution in [1.29, 1.82) is 0 Å². The van der Waals surface area contributed by atoms with Crippen molar-refractivity contribution in [3.05, 3.63) is 65.6 Å². The van der Waals surface area contributed by atoms with E-state index in [9.17, 15) is 8.42 Å². The summed E-state index contributed by atoms with van der Waals surface area (Å²) in [5.41, 5.74) is 1.73. The average Bonchev–Trinajstić information content (AvgIpc) is 2.75. The number of nitrogens with one attached hydrogen (secondary N) is 1. The van der Waals surface area contributed by atoms with E-state index in [1.807, 2.05) is 66.4 Å². The molecule has 1 aliphatic rings. The Morgan fingerprint density at radius 1 is 1.07 bits per heavy atom. The van der Waals surface area contributed by atoms with Crippen molar-refractivity contribution >= 4 is 39.1 Å². The topological polar surface area (TPSA) is 61.9 Å². The van der Waals surface area contributed by atoms with Crippen molar-refractivity contribution < 1.29 is 13.2 Å². The normalized spacial score (nSPS) is 15.4. The summed E-state index contributed by atoms with van der Waals surface area (Å²) in [5, 5.41) is 5.06. The molecule has 2 aromatic carbocycles. The monoisotopic (exact) mass is 431 g/mol. The number of hydrogen-bond acceptors (Lipinski definition) is 4. The Bertz CT molecular complexity index is 937. The highest BCUT2D eigenvalue weighted by atomic mass is 32.2. The molecule has 1 N–H and O–H groups in total. The fourth-order valence-electron chi connectivity index (χ4n) is 2.96. The van der Waals surface area contributed by atoms with E-state index in [0.717, 1.165) is 17.0 Å². The zero-order valence-electron chi connectivity index (χ0n) is 16.3. The molecule has 8 heteroatoms. The van der Waals surface area contributed by atoms with E-state index in [1.54, 1.807) is 6.08 Å². The highest BCUT2D eigenvalue weighted by molar-refractivity contribution is 7.92. The molecule has 154 valence electrons. The van der Waals surface area contributed by atoms with Crippen molar-refractivity contribution in [1.82, 2.24) is 9.21 Å². The predicted octanol–water partition coefficient (Wildman–Crippen LogP) is 3.40. The van der Waals surface area contributed by atoms with Gasteiger partial charge < -0.3 is 15.0 Å². The van der Waals surface area contributed by atoms with Crippen LogP contribution >= 0.6 is 12.2 Å². The van der Waals surface area contributed by atoms with Gasteiger partial charge in [0, 0.05) is 37.3 Å². The summed E-state index contributed by atoms with van der Waals surface area (Å²) in [6, 6.07) is 17.0. The molecule has 6 nitrogen and oxygen atoms in total. The van der Waals surface area contributed by atoms with Gasteiger partial charge in [-0.1, -0.05) is 30.3 Å². The number of piperazine rings is 1. The Kier molecular flexibility index (Phi) is 7.24. The summed E-state index contributed by atoms with van der Waals surface area (Å²) in [6.07, 6.45) is 1.62.